The number of nitrogens with zero attached hydrogens (tertiary/aromatic N) is 3. The minimum absolute atomic E-state index is 0.0517. The number of nitrogens with two attached hydrogens (primary N) is 2. The number of hydrogen-bond acceptors (Lipinski definition) is 5. The Kier molecular flexibility index (Phi) is 2.36. The van der Waals surface area contributed by atoms with E-state index in [4.69, 9.17) is 23.1 Å². The molecule has 1 aromatic heterocycles. The lowest BCUT2D eigenvalue weighted by molar-refractivity contribution is -0.117. The fourth-order valence-electron chi connectivity index (χ4n) is 1.50. The molecule has 0 aromatic carbocycles. The zero-order valence-corrected chi connectivity index (χ0v) is 8.61. The Morgan fingerprint density at radius 1 is 1.47 bits per heavy atom. The van der Waals surface area contributed by atoms with Crippen molar-refractivity contribution in [2.75, 3.05) is 22.9 Å². The predicted molar refractivity (Wildman–Crippen MR) is 57.5 cm³/mol. The number of nitrogen functional groups attached to an aromatic ring is 2. The number of rotatable bonds is 1. The maximum atomic E-state index is 11.5. The standard InChI is InChI=1S/C8H10ClN5O/c9-4-1-7(15)14(3-4)6-2-5(10)12-8(11)13-6/h2,4H,1,3H2,(H4,10,11,12,13). The zero-order chi connectivity index (χ0) is 11.0. The van der Waals surface area contributed by atoms with Crippen LogP contribution in [0.15, 0.2) is 6.07 Å². The maximum absolute atomic E-state index is 11.5. The molecular weight excluding hydrogens is 218 g/mol. The second-order valence-corrected chi connectivity index (χ2v) is 3.93. The molecule has 0 bridgehead atoms. The van der Waals surface area contributed by atoms with Gasteiger partial charge in [-0.05, 0) is 0 Å². The largest absolute Gasteiger partial charge is 0.383 e. The predicted octanol–water partition coefficient (Wildman–Crippen LogP) is -0.0149. The first-order valence-electron chi connectivity index (χ1n) is 4.40. The number of hydrogen-bond donors (Lipinski definition) is 2. The monoisotopic (exact) mass is 227 g/mol. The molecule has 1 unspecified atom stereocenters. The minimum Gasteiger partial charge on any atom is -0.383 e. The lowest BCUT2D eigenvalue weighted by Crippen LogP contribution is -2.26. The van der Waals surface area contributed by atoms with E-state index in [-0.39, 0.29) is 23.1 Å². The number of alkyl halides is 1. The van der Waals surface area contributed by atoms with Gasteiger partial charge in [-0.15, -0.1) is 11.6 Å². The van der Waals surface area contributed by atoms with Gasteiger partial charge in [0.25, 0.3) is 0 Å². The molecule has 1 amide bonds. The first-order valence-corrected chi connectivity index (χ1v) is 4.84. The third kappa shape index (κ3) is 1.94. The van der Waals surface area contributed by atoms with E-state index in [9.17, 15) is 4.79 Å². The van der Waals surface area contributed by atoms with Gasteiger partial charge < -0.3 is 11.5 Å². The third-order valence-corrected chi connectivity index (χ3v) is 2.40. The Hall–Kier alpha value is -1.56. The lowest BCUT2D eigenvalue weighted by Gasteiger charge is -2.14. The van der Waals surface area contributed by atoms with E-state index in [1.807, 2.05) is 0 Å². The van der Waals surface area contributed by atoms with Crippen LogP contribution in [-0.4, -0.2) is 27.8 Å². The molecule has 0 spiro atoms. The zero-order valence-electron chi connectivity index (χ0n) is 7.85. The second kappa shape index (κ2) is 3.54. The van der Waals surface area contributed by atoms with Crippen molar-refractivity contribution < 1.29 is 4.79 Å². The molecule has 7 heteroatoms. The van der Waals surface area contributed by atoms with Gasteiger partial charge in [-0.2, -0.15) is 9.97 Å². The van der Waals surface area contributed by atoms with Crippen LogP contribution in [0.25, 0.3) is 0 Å². The van der Waals surface area contributed by atoms with Gasteiger partial charge in [0, 0.05) is 19.0 Å². The van der Waals surface area contributed by atoms with Gasteiger partial charge >= 0.3 is 0 Å². The van der Waals surface area contributed by atoms with Crippen LogP contribution in [0.2, 0.25) is 0 Å². The first-order chi connectivity index (χ1) is 7.06. The van der Waals surface area contributed by atoms with Crippen molar-refractivity contribution in [3.8, 4) is 0 Å². The molecule has 80 valence electrons. The summed E-state index contributed by atoms with van der Waals surface area (Å²) < 4.78 is 0. The van der Waals surface area contributed by atoms with Crippen LogP contribution in [0.3, 0.4) is 0 Å². The highest BCUT2D eigenvalue weighted by Crippen LogP contribution is 2.23. The van der Waals surface area contributed by atoms with E-state index in [1.54, 1.807) is 0 Å². The highest BCUT2D eigenvalue weighted by molar-refractivity contribution is 6.24. The SMILES string of the molecule is Nc1cc(N2CC(Cl)CC2=O)nc(N)n1. The average Bonchev–Trinajstić information content (AvgIpc) is 2.43. The molecule has 1 fully saturated rings. The summed E-state index contributed by atoms with van der Waals surface area (Å²) in [5.74, 6) is 0.625. The summed E-state index contributed by atoms with van der Waals surface area (Å²) in [6, 6.07) is 1.50. The molecule has 1 aliphatic rings. The van der Waals surface area contributed by atoms with Gasteiger partial charge in [-0.3, -0.25) is 9.69 Å². The molecule has 1 atom stereocenters. The van der Waals surface area contributed by atoms with Crippen molar-refractivity contribution in [2.45, 2.75) is 11.8 Å². The fraction of sp³-hybridized carbons (Fsp3) is 0.375. The normalized spacial score (nSPS) is 21.0. The summed E-state index contributed by atoms with van der Waals surface area (Å²) >= 11 is 5.86. The molecule has 2 heterocycles. The van der Waals surface area contributed by atoms with Crippen LogP contribution in [0.5, 0.6) is 0 Å². The highest BCUT2D eigenvalue weighted by atomic mass is 35.5. The summed E-state index contributed by atoms with van der Waals surface area (Å²) in [7, 11) is 0. The van der Waals surface area contributed by atoms with Crippen molar-refractivity contribution in [1.29, 1.82) is 0 Å². The number of aromatic nitrogens is 2. The third-order valence-electron chi connectivity index (χ3n) is 2.10. The van der Waals surface area contributed by atoms with E-state index in [0.29, 0.717) is 18.8 Å². The van der Waals surface area contributed by atoms with Crippen molar-refractivity contribution in [2.24, 2.45) is 0 Å². The van der Waals surface area contributed by atoms with Gasteiger partial charge in [-0.1, -0.05) is 0 Å². The first kappa shape index (κ1) is 9.97. The molecule has 2 rings (SSSR count). The minimum atomic E-state index is -0.185. The van der Waals surface area contributed by atoms with E-state index < -0.39 is 0 Å². The molecule has 0 radical (unpaired) electrons. The van der Waals surface area contributed by atoms with Crippen LogP contribution < -0.4 is 16.4 Å². The number of amides is 1. The van der Waals surface area contributed by atoms with Crippen LogP contribution in [0.4, 0.5) is 17.6 Å². The van der Waals surface area contributed by atoms with E-state index in [2.05, 4.69) is 9.97 Å². The molecule has 6 nitrogen and oxygen atoms in total. The summed E-state index contributed by atoms with van der Waals surface area (Å²) in [4.78, 5) is 20.6. The molecule has 15 heavy (non-hydrogen) atoms. The van der Waals surface area contributed by atoms with Crippen molar-refractivity contribution >= 4 is 35.1 Å². The van der Waals surface area contributed by atoms with Crippen molar-refractivity contribution in [1.82, 2.24) is 9.97 Å². The molecule has 1 saturated heterocycles. The summed E-state index contributed by atoms with van der Waals surface area (Å²) in [6.07, 6.45) is 0.311. The molecule has 4 N–H and O–H groups in total. The number of halogens is 1. The summed E-state index contributed by atoms with van der Waals surface area (Å²) in [6.45, 7) is 0.427. The van der Waals surface area contributed by atoms with E-state index in [0.717, 1.165) is 0 Å². The Labute approximate surface area is 91.2 Å². The van der Waals surface area contributed by atoms with Gasteiger partial charge in [0.1, 0.15) is 11.6 Å². The fourth-order valence-corrected chi connectivity index (χ4v) is 1.77. The van der Waals surface area contributed by atoms with Crippen molar-refractivity contribution in [3.05, 3.63) is 6.07 Å². The average molecular weight is 228 g/mol. The smallest absolute Gasteiger partial charge is 0.229 e. The Balaban J connectivity index is 2.33. The molecule has 0 aliphatic carbocycles. The topological polar surface area (TPSA) is 98.1 Å². The summed E-state index contributed by atoms with van der Waals surface area (Å²) in [5, 5.41) is -0.185. The van der Waals surface area contributed by atoms with Crippen LogP contribution >= 0.6 is 11.6 Å². The lowest BCUT2D eigenvalue weighted by atomic mass is 10.4. The Morgan fingerprint density at radius 2 is 2.20 bits per heavy atom. The van der Waals surface area contributed by atoms with Crippen molar-refractivity contribution in [3.63, 3.8) is 0 Å². The number of anilines is 3. The molecule has 1 aromatic rings. The molecular formula is C8H10ClN5O. The maximum Gasteiger partial charge on any atom is 0.229 e. The molecule has 0 saturated carbocycles. The van der Waals surface area contributed by atoms with Crippen LogP contribution in [0, 0.1) is 0 Å². The van der Waals surface area contributed by atoms with Crippen LogP contribution in [-0.2, 0) is 4.79 Å². The molecule has 1 aliphatic heterocycles. The highest BCUT2D eigenvalue weighted by Gasteiger charge is 2.30. The number of carbonyl (C=O) groups is 1. The Morgan fingerprint density at radius 3 is 2.73 bits per heavy atom. The second-order valence-electron chi connectivity index (χ2n) is 3.31. The summed E-state index contributed by atoms with van der Waals surface area (Å²) in [5.41, 5.74) is 10.9. The van der Waals surface area contributed by atoms with Gasteiger partial charge in [0.15, 0.2) is 0 Å². The van der Waals surface area contributed by atoms with Crippen LogP contribution in [0.1, 0.15) is 6.42 Å². The quantitative estimate of drug-likeness (QED) is 0.658. The van der Waals surface area contributed by atoms with E-state index >= 15 is 0 Å². The van der Waals surface area contributed by atoms with Gasteiger partial charge in [0.05, 0.1) is 5.38 Å². The number of carbonyl (C=O) groups excluding carboxylic acids is 1. The van der Waals surface area contributed by atoms with E-state index in [1.165, 1.54) is 11.0 Å². The van der Waals surface area contributed by atoms with Gasteiger partial charge in [0.2, 0.25) is 11.9 Å². The van der Waals surface area contributed by atoms with Gasteiger partial charge in [-0.25, -0.2) is 0 Å². The Bertz CT molecular complexity index is 390.